The SMILES string of the molecule is CCCNCC[P+](C)(O)O. The van der Waals surface area contributed by atoms with E-state index in [0.29, 0.717) is 12.7 Å². The molecule has 0 rings (SSSR count). The second-order valence-corrected chi connectivity index (χ2v) is 5.19. The molecule has 10 heavy (non-hydrogen) atoms. The molecular weight excluding hydrogens is 149 g/mol. The van der Waals surface area contributed by atoms with Gasteiger partial charge in [0, 0.05) is 6.54 Å². The fourth-order valence-electron chi connectivity index (χ4n) is 0.593. The Kier molecular flexibility index (Phi) is 5.18. The van der Waals surface area contributed by atoms with Gasteiger partial charge in [-0.05, 0) is 13.0 Å². The lowest BCUT2D eigenvalue weighted by molar-refractivity contribution is 0.455. The summed E-state index contributed by atoms with van der Waals surface area (Å²) in [5, 5.41) is 3.10. The van der Waals surface area contributed by atoms with E-state index in [0.717, 1.165) is 13.0 Å². The van der Waals surface area contributed by atoms with Gasteiger partial charge in [0.05, 0.1) is 0 Å². The summed E-state index contributed by atoms with van der Waals surface area (Å²) in [5.41, 5.74) is 0. The molecule has 0 aromatic rings. The normalized spacial score (nSPS) is 12.0. The third-order valence-corrected chi connectivity index (χ3v) is 2.21. The third kappa shape index (κ3) is 8.31. The summed E-state index contributed by atoms with van der Waals surface area (Å²) in [6.45, 7) is 5.25. The Bertz CT molecular complexity index is 82.3. The molecule has 0 aliphatic carbocycles. The van der Waals surface area contributed by atoms with E-state index in [1.54, 1.807) is 0 Å². The Morgan fingerprint density at radius 3 is 2.30 bits per heavy atom. The fourth-order valence-corrected chi connectivity index (χ4v) is 1.17. The molecule has 3 N–H and O–H groups in total. The molecule has 0 fully saturated rings. The molecule has 0 atom stereocenters. The smallest absolute Gasteiger partial charge is 0.266 e. The second kappa shape index (κ2) is 5.03. The molecule has 0 bridgehead atoms. The first-order chi connectivity index (χ1) is 4.56. The molecule has 0 heterocycles. The molecule has 0 radical (unpaired) electrons. The van der Waals surface area contributed by atoms with Gasteiger partial charge < -0.3 is 5.32 Å². The molecule has 0 aromatic carbocycles. The first-order valence-corrected chi connectivity index (χ1v) is 5.90. The lowest BCUT2D eigenvalue weighted by Gasteiger charge is -2.06. The zero-order valence-electron chi connectivity index (χ0n) is 6.67. The van der Waals surface area contributed by atoms with Crippen molar-refractivity contribution in [3.8, 4) is 0 Å². The van der Waals surface area contributed by atoms with Gasteiger partial charge >= 0.3 is 0 Å². The molecular formula is C6H17NO2P+. The molecule has 0 saturated carbocycles. The summed E-state index contributed by atoms with van der Waals surface area (Å²) in [7, 11) is -2.52. The van der Waals surface area contributed by atoms with Gasteiger partial charge in [0.15, 0.2) is 0 Å². The minimum atomic E-state index is -2.52. The van der Waals surface area contributed by atoms with Crippen LogP contribution in [0.1, 0.15) is 13.3 Å². The van der Waals surface area contributed by atoms with Crippen LogP contribution in [0, 0.1) is 0 Å². The van der Waals surface area contributed by atoms with Gasteiger partial charge in [-0.2, -0.15) is 0 Å². The van der Waals surface area contributed by atoms with Crippen LogP contribution in [0.3, 0.4) is 0 Å². The Morgan fingerprint density at radius 1 is 1.30 bits per heavy atom. The van der Waals surface area contributed by atoms with Crippen molar-refractivity contribution in [3.63, 3.8) is 0 Å². The summed E-state index contributed by atoms with van der Waals surface area (Å²) in [5.74, 6) is 0. The monoisotopic (exact) mass is 166 g/mol. The van der Waals surface area contributed by atoms with Gasteiger partial charge in [0.25, 0.3) is 7.72 Å². The summed E-state index contributed by atoms with van der Waals surface area (Å²) < 4.78 is 0. The highest BCUT2D eigenvalue weighted by Gasteiger charge is 2.23. The average Bonchev–Trinajstić information content (AvgIpc) is 1.78. The average molecular weight is 166 g/mol. The number of nitrogens with one attached hydrogen (secondary N) is 1. The number of rotatable bonds is 5. The van der Waals surface area contributed by atoms with Crippen LogP contribution in [0.4, 0.5) is 0 Å². The summed E-state index contributed by atoms with van der Waals surface area (Å²) >= 11 is 0. The Balaban J connectivity index is 3.04. The fraction of sp³-hybridized carbons (Fsp3) is 1.00. The largest absolute Gasteiger partial charge is 0.313 e. The molecule has 0 amide bonds. The van der Waals surface area contributed by atoms with Crippen molar-refractivity contribution < 1.29 is 9.79 Å². The molecule has 0 aliphatic rings. The van der Waals surface area contributed by atoms with Crippen LogP contribution in [0.15, 0.2) is 0 Å². The quantitative estimate of drug-likeness (QED) is 0.410. The van der Waals surface area contributed by atoms with Crippen molar-refractivity contribution in [2.75, 3.05) is 25.9 Å². The standard InChI is InChI=1S/C6H17NO2P/c1-3-4-7-5-6-10(2,8)9/h7-9H,3-6H2,1-2H3/q+1. The van der Waals surface area contributed by atoms with E-state index in [2.05, 4.69) is 12.2 Å². The molecule has 0 unspecified atom stereocenters. The lowest BCUT2D eigenvalue weighted by Crippen LogP contribution is -2.20. The molecule has 62 valence electrons. The van der Waals surface area contributed by atoms with Gasteiger partial charge in [0.2, 0.25) is 0 Å². The minimum absolute atomic E-state index is 0.493. The van der Waals surface area contributed by atoms with E-state index in [-0.39, 0.29) is 0 Å². The Hall–Kier alpha value is 0.310. The molecule has 0 aliphatic heterocycles. The van der Waals surface area contributed by atoms with E-state index >= 15 is 0 Å². The first kappa shape index (κ1) is 10.3. The molecule has 0 aromatic heterocycles. The van der Waals surface area contributed by atoms with Gasteiger partial charge in [-0.25, -0.2) is 9.79 Å². The van der Waals surface area contributed by atoms with Gasteiger partial charge in [-0.15, -0.1) is 0 Å². The molecule has 0 spiro atoms. The zero-order chi connectivity index (χ0) is 8.04. The number of hydrogen-bond donors (Lipinski definition) is 3. The van der Waals surface area contributed by atoms with E-state index in [4.69, 9.17) is 9.79 Å². The zero-order valence-corrected chi connectivity index (χ0v) is 7.56. The predicted molar refractivity (Wildman–Crippen MR) is 45.3 cm³/mol. The van der Waals surface area contributed by atoms with Gasteiger partial charge in [0.1, 0.15) is 12.8 Å². The first-order valence-electron chi connectivity index (χ1n) is 3.58. The van der Waals surface area contributed by atoms with E-state index in [1.807, 2.05) is 0 Å². The van der Waals surface area contributed by atoms with Crippen molar-refractivity contribution in [2.45, 2.75) is 13.3 Å². The van der Waals surface area contributed by atoms with Crippen LogP contribution in [0.2, 0.25) is 0 Å². The maximum absolute atomic E-state index is 8.94. The van der Waals surface area contributed by atoms with E-state index in [9.17, 15) is 0 Å². The minimum Gasteiger partial charge on any atom is -0.313 e. The summed E-state index contributed by atoms with van der Waals surface area (Å²) in [4.78, 5) is 17.9. The Morgan fingerprint density at radius 2 is 1.90 bits per heavy atom. The molecule has 0 saturated heterocycles. The highest BCUT2D eigenvalue weighted by Crippen LogP contribution is 2.43. The van der Waals surface area contributed by atoms with Crippen LogP contribution in [0.5, 0.6) is 0 Å². The lowest BCUT2D eigenvalue weighted by atomic mass is 10.5. The topological polar surface area (TPSA) is 52.5 Å². The van der Waals surface area contributed by atoms with Crippen LogP contribution < -0.4 is 5.32 Å². The van der Waals surface area contributed by atoms with Crippen molar-refractivity contribution in [1.29, 1.82) is 0 Å². The summed E-state index contributed by atoms with van der Waals surface area (Å²) in [6.07, 6.45) is 1.58. The van der Waals surface area contributed by atoms with Gasteiger partial charge in [-0.3, -0.25) is 0 Å². The highest BCUT2D eigenvalue weighted by molar-refractivity contribution is 7.63. The van der Waals surface area contributed by atoms with Gasteiger partial charge in [-0.1, -0.05) is 6.92 Å². The molecule has 3 nitrogen and oxygen atoms in total. The van der Waals surface area contributed by atoms with Crippen LogP contribution in [0.25, 0.3) is 0 Å². The maximum Gasteiger partial charge on any atom is 0.266 e. The van der Waals surface area contributed by atoms with Crippen molar-refractivity contribution in [1.82, 2.24) is 5.32 Å². The maximum atomic E-state index is 8.94. The number of hydrogen-bond acceptors (Lipinski definition) is 3. The second-order valence-electron chi connectivity index (χ2n) is 2.56. The van der Waals surface area contributed by atoms with Crippen LogP contribution in [-0.2, 0) is 0 Å². The van der Waals surface area contributed by atoms with Crippen molar-refractivity contribution >= 4 is 7.72 Å². The van der Waals surface area contributed by atoms with E-state index in [1.165, 1.54) is 6.66 Å². The third-order valence-electron chi connectivity index (χ3n) is 1.14. The Labute approximate surface area is 63.0 Å². The predicted octanol–water partition coefficient (Wildman–Crippen LogP) is 0.448. The highest BCUT2D eigenvalue weighted by atomic mass is 31.2. The van der Waals surface area contributed by atoms with Crippen LogP contribution >= 0.6 is 7.72 Å². The van der Waals surface area contributed by atoms with Crippen molar-refractivity contribution in [2.24, 2.45) is 0 Å². The van der Waals surface area contributed by atoms with Crippen molar-refractivity contribution in [3.05, 3.63) is 0 Å². The van der Waals surface area contributed by atoms with Crippen LogP contribution in [-0.4, -0.2) is 35.7 Å². The molecule has 4 heteroatoms. The summed E-state index contributed by atoms with van der Waals surface area (Å²) in [6, 6.07) is 0. The van der Waals surface area contributed by atoms with E-state index < -0.39 is 7.72 Å².